The van der Waals surface area contributed by atoms with Gasteiger partial charge in [0.05, 0.1) is 5.69 Å². The summed E-state index contributed by atoms with van der Waals surface area (Å²) < 4.78 is 5.35. The third-order valence-electron chi connectivity index (χ3n) is 3.41. The molecule has 0 aromatic heterocycles. The zero-order valence-electron chi connectivity index (χ0n) is 11.8. The van der Waals surface area contributed by atoms with Crippen molar-refractivity contribution in [3.8, 4) is 5.75 Å². The Morgan fingerprint density at radius 2 is 1.95 bits per heavy atom. The zero-order chi connectivity index (χ0) is 15.7. The molecule has 0 unspecified atom stereocenters. The number of carbonyl (C=O) groups is 2. The van der Waals surface area contributed by atoms with E-state index in [9.17, 15) is 9.59 Å². The molecule has 112 valence electrons. The molecule has 0 saturated heterocycles. The largest absolute Gasteiger partial charge is 0.482 e. The minimum Gasteiger partial charge on any atom is -0.482 e. The molecule has 0 aliphatic carbocycles. The van der Waals surface area contributed by atoms with E-state index in [0.29, 0.717) is 27.7 Å². The summed E-state index contributed by atoms with van der Waals surface area (Å²) in [5.74, 6) is 0.239. The Labute approximate surface area is 132 Å². The van der Waals surface area contributed by atoms with Gasteiger partial charge in [-0.15, -0.1) is 0 Å². The second-order valence-electron chi connectivity index (χ2n) is 4.88. The van der Waals surface area contributed by atoms with Gasteiger partial charge < -0.3 is 15.0 Å². The van der Waals surface area contributed by atoms with Gasteiger partial charge in [0, 0.05) is 23.3 Å². The van der Waals surface area contributed by atoms with E-state index in [1.54, 1.807) is 49.5 Å². The number of amides is 2. The van der Waals surface area contributed by atoms with E-state index < -0.39 is 0 Å². The van der Waals surface area contributed by atoms with E-state index in [0.717, 1.165) is 0 Å². The number of halogens is 1. The quantitative estimate of drug-likeness (QED) is 0.926. The van der Waals surface area contributed by atoms with Gasteiger partial charge >= 0.3 is 0 Å². The topological polar surface area (TPSA) is 58.6 Å². The second-order valence-corrected chi connectivity index (χ2v) is 5.32. The van der Waals surface area contributed by atoms with Gasteiger partial charge in [0.2, 0.25) is 0 Å². The molecule has 0 saturated carbocycles. The molecule has 1 N–H and O–H groups in total. The first-order valence-corrected chi connectivity index (χ1v) is 7.03. The minimum absolute atomic E-state index is 0.0278. The molecule has 1 heterocycles. The SMILES string of the molecule is CN1C(=O)COc2ccc(NC(=O)c3ccc(Cl)cc3)cc21. The molecule has 1 aliphatic rings. The molecule has 2 amide bonds. The Kier molecular flexibility index (Phi) is 3.73. The van der Waals surface area contributed by atoms with Crippen LogP contribution in [0.15, 0.2) is 42.5 Å². The summed E-state index contributed by atoms with van der Waals surface area (Å²) in [4.78, 5) is 25.3. The summed E-state index contributed by atoms with van der Waals surface area (Å²) in [6.45, 7) is 0.0278. The predicted molar refractivity (Wildman–Crippen MR) is 84.8 cm³/mol. The van der Waals surface area contributed by atoms with Crippen molar-refractivity contribution in [2.45, 2.75) is 0 Å². The first-order valence-electron chi connectivity index (χ1n) is 6.65. The van der Waals surface area contributed by atoms with E-state index in [-0.39, 0.29) is 18.4 Å². The van der Waals surface area contributed by atoms with Gasteiger partial charge in [-0.2, -0.15) is 0 Å². The fourth-order valence-electron chi connectivity index (χ4n) is 2.15. The van der Waals surface area contributed by atoms with Crippen LogP contribution in [0.1, 0.15) is 10.4 Å². The molecule has 5 nitrogen and oxygen atoms in total. The van der Waals surface area contributed by atoms with E-state index >= 15 is 0 Å². The molecule has 0 fully saturated rings. The van der Waals surface area contributed by atoms with Gasteiger partial charge in [-0.05, 0) is 42.5 Å². The molecule has 0 atom stereocenters. The van der Waals surface area contributed by atoms with Crippen LogP contribution in [0.4, 0.5) is 11.4 Å². The molecular formula is C16H13ClN2O3. The normalized spacial score (nSPS) is 13.4. The smallest absolute Gasteiger partial charge is 0.264 e. The monoisotopic (exact) mass is 316 g/mol. The Balaban J connectivity index is 1.83. The summed E-state index contributed by atoms with van der Waals surface area (Å²) in [5, 5.41) is 3.36. The van der Waals surface area contributed by atoms with Crippen LogP contribution < -0.4 is 15.0 Å². The van der Waals surface area contributed by atoms with Crippen molar-refractivity contribution in [3.63, 3.8) is 0 Å². The summed E-state index contributed by atoms with van der Waals surface area (Å²) in [5.41, 5.74) is 1.72. The van der Waals surface area contributed by atoms with Crippen molar-refractivity contribution in [2.24, 2.45) is 0 Å². The Hall–Kier alpha value is -2.53. The molecule has 22 heavy (non-hydrogen) atoms. The molecule has 0 spiro atoms. The van der Waals surface area contributed by atoms with Gasteiger partial charge in [0.25, 0.3) is 11.8 Å². The van der Waals surface area contributed by atoms with Crippen molar-refractivity contribution in [1.82, 2.24) is 0 Å². The first kappa shape index (κ1) is 14.4. The maximum atomic E-state index is 12.2. The highest BCUT2D eigenvalue weighted by atomic mass is 35.5. The summed E-state index contributed by atoms with van der Waals surface area (Å²) in [6.07, 6.45) is 0. The number of likely N-dealkylation sites (N-methyl/N-ethyl adjacent to an activating group) is 1. The fraction of sp³-hybridized carbons (Fsp3) is 0.125. The number of rotatable bonds is 2. The highest BCUT2D eigenvalue weighted by molar-refractivity contribution is 6.30. The Morgan fingerprint density at radius 3 is 2.68 bits per heavy atom. The van der Waals surface area contributed by atoms with Gasteiger partial charge in [0.1, 0.15) is 5.75 Å². The standard InChI is InChI=1S/C16H13ClN2O3/c1-19-13-8-12(6-7-14(13)22-9-15(19)20)18-16(21)10-2-4-11(17)5-3-10/h2-8H,9H2,1H3,(H,18,21). The number of hydrogen-bond acceptors (Lipinski definition) is 3. The number of carbonyl (C=O) groups excluding carboxylic acids is 2. The highest BCUT2D eigenvalue weighted by Gasteiger charge is 2.22. The van der Waals surface area contributed by atoms with Crippen molar-refractivity contribution in [3.05, 3.63) is 53.1 Å². The van der Waals surface area contributed by atoms with Crippen LogP contribution in [0.5, 0.6) is 5.75 Å². The third kappa shape index (κ3) is 2.76. The zero-order valence-corrected chi connectivity index (χ0v) is 12.6. The van der Waals surface area contributed by atoms with Crippen LogP contribution in [0.3, 0.4) is 0 Å². The van der Waals surface area contributed by atoms with E-state index in [4.69, 9.17) is 16.3 Å². The number of ether oxygens (including phenoxy) is 1. The molecule has 6 heteroatoms. The molecule has 2 aromatic carbocycles. The Morgan fingerprint density at radius 1 is 1.23 bits per heavy atom. The summed E-state index contributed by atoms with van der Waals surface area (Å²) in [6, 6.07) is 11.8. The van der Waals surface area contributed by atoms with Crippen LogP contribution in [0.25, 0.3) is 0 Å². The van der Waals surface area contributed by atoms with Crippen LogP contribution in [-0.4, -0.2) is 25.5 Å². The number of fused-ring (bicyclic) bond motifs is 1. The number of nitrogens with zero attached hydrogens (tertiary/aromatic N) is 1. The molecule has 0 radical (unpaired) electrons. The van der Waals surface area contributed by atoms with Gasteiger partial charge in [-0.3, -0.25) is 9.59 Å². The molecule has 2 aromatic rings. The van der Waals surface area contributed by atoms with Crippen molar-refractivity contribution < 1.29 is 14.3 Å². The van der Waals surface area contributed by atoms with Crippen molar-refractivity contribution in [1.29, 1.82) is 0 Å². The lowest BCUT2D eigenvalue weighted by Gasteiger charge is -2.26. The average molecular weight is 317 g/mol. The lowest BCUT2D eigenvalue weighted by Crippen LogP contribution is -2.35. The van der Waals surface area contributed by atoms with E-state index in [2.05, 4.69) is 5.32 Å². The van der Waals surface area contributed by atoms with Crippen LogP contribution in [-0.2, 0) is 4.79 Å². The lowest BCUT2D eigenvalue weighted by molar-refractivity contribution is -0.120. The molecule has 3 rings (SSSR count). The number of anilines is 2. The number of hydrogen-bond donors (Lipinski definition) is 1. The lowest BCUT2D eigenvalue weighted by atomic mass is 10.2. The van der Waals surface area contributed by atoms with Crippen molar-refractivity contribution in [2.75, 3.05) is 23.9 Å². The molecule has 1 aliphatic heterocycles. The third-order valence-corrected chi connectivity index (χ3v) is 3.66. The van der Waals surface area contributed by atoms with Crippen LogP contribution in [0, 0.1) is 0 Å². The fourth-order valence-corrected chi connectivity index (χ4v) is 2.28. The number of benzene rings is 2. The van der Waals surface area contributed by atoms with E-state index in [1.165, 1.54) is 4.90 Å². The Bertz CT molecular complexity index is 744. The maximum Gasteiger partial charge on any atom is 0.264 e. The van der Waals surface area contributed by atoms with Crippen LogP contribution in [0.2, 0.25) is 5.02 Å². The maximum absolute atomic E-state index is 12.2. The minimum atomic E-state index is -0.248. The molecule has 0 bridgehead atoms. The van der Waals surface area contributed by atoms with Crippen LogP contribution >= 0.6 is 11.6 Å². The average Bonchev–Trinajstić information content (AvgIpc) is 2.52. The second kappa shape index (κ2) is 5.69. The van der Waals surface area contributed by atoms with Gasteiger partial charge in [-0.1, -0.05) is 11.6 Å². The van der Waals surface area contributed by atoms with Crippen molar-refractivity contribution >= 4 is 34.8 Å². The van der Waals surface area contributed by atoms with Gasteiger partial charge in [0.15, 0.2) is 6.61 Å². The number of nitrogens with one attached hydrogen (secondary N) is 1. The highest BCUT2D eigenvalue weighted by Crippen LogP contribution is 2.33. The predicted octanol–water partition coefficient (Wildman–Crippen LogP) is 2.95. The summed E-state index contributed by atoms with van der Waals surface area (Å²) >= 11 is 5.80. The summed E-state index contributed by atoms with van der Waals surface area (Å²) in [7, 11) is 1.68. The first-order chi connectivity index (χ1) is 10.5. The molecular weight excluding hydrogens is 304 g/mol. The van der Waals surface area contributed by atoms with Gasteiger partial charge in [-0.25, -0.2) is 0 Å². The van der Waals surface area contributed by atoms with E-state index in [1.807, 2.05) is 0 Å².